The topological polar surface area (TPSA) is 55.9 Å². The third-order valence-corrected chi connectivity index (χ3v) is 3.08. The zero-order valence-electron chi connectivity index (χ0n) is 11.9. The fourth-order valence-corrected chi connectivity index (χ4v) is 2.06. The summed E-state index contributed by atoms with van der Waals surface area (Å²) in [5.74, 6) is 2.01. The Hall–Kier alpha value is -1.62. The van der Waals surface area contributed by atoms with Crippen LogP contribution in [0, 0.1) is 0 Å². The molecular weight excluding hydrogens is 240 g/mol. The third kappa shape index (κ3) is 3.67. The van der Waals surface area contributed by atoms with Crippen LogP contribution in [0.4, 0.5) is 0 Å². The molecular formula is C14H22N4O. The summed E-state index contributed by atoms with van der Waals surface area (Å²) in [5, 5.41) is 11.6. The van der Waals surface area contributed by atoms with E-state index in [1.807, 2.05) is 19.3 Å². The fourth-order valence-electron chi connectivity index (χ4n) is 2.06. The molecule has 0 aromatic carbocycles. The monoisotopic (exact) mass is 262 g/mol. The lowest BCUT2D eigenvalue weighted by molar-refractivity contribution is 0.390. The molecule has 0 saturated heterocycles. The number of aromatic nitrogens is 3. The summed E-state index contributed by atoms with van der Waals surface area (Å²) in [6, 6.07) is 4.27. The van der Waals surface area contributed by atoms with Crippen molar-refractivity contribution in [3.8, 4) is 0 Å². The molecule has 19 heavy (non-hydrogen) atoms. The van der Waals surface area contributed by atoms with Crippen LogP contribution < -0.4 is 5.32 Å². The maximum atomic E-state index is 5.85. The van der Waals surface area contributed by atoms with Gasteiger partial charge in [0, 0.05) is 26.1 Å². The van der Waals surface area contributed by atoms with Crippen molar-refractivity contribution in [3.05, 3.63) is 35.5 Å². The SMILES string of the molecule is CCCNC(Cc1cn(C)nn1)c1ccc(CC)o1. The summed E-state index contributed by atoms with van der Waals surface area (Å²) in [6.45, 7) is 5.22. The highest BCUT2D eigenvalue weighted by atomic mass is 16.3. The molecule has 5 nitrogen and oxygen atoms in total. The minimum atomic E-state index is 0.164. The molecule has 1 N–H and O–H groups in total. The minimum Gasteiger partial charge on any atom is -0.464 e. The molecule has 0 aliphatic heterocycles. The van der Waals surface area contributed by atoms with E-state index in [4.69, 9.17) is 4.42 Å². The number of hydrogen-bond donors (Lipinski definition) is 1. The first-order valence-corrected chi connectivity index (χ1v) is 6.90. The Morgan fingerprint density at radius 1 is 1.37 bits per heavy atom. The molecule has 0 spiro atoms. The lowest BCUT2D eigenvalue weighted by Gasteiger charge is -2.14. The lowest BCUT2D eigenvalue weighted by Crippen LogP contribution is -2.23. The largest absolute Gasteiger partial charge is 0.464 e. The van der Waals surface area contributed by atoms with Gasteiger partial charge in [-0.2, -0.15) is 0 Å². The quantitative estimate of drug-likeness (QED) is 0.831. The first kappa shape index (κ1) is 13.8. The zero-order chi connectivity index (χ0) is 13.7. The van der Waals surface area contributed by atoms with Gasteiger partial charge in [-0.15, -0.1) is 5.10 Å². The van der Waals surface area contributed by atoms with Crippen molar-refractivity contribution < 1.29 is 4.42 Å². The molecule has 1 atom stereocenters. The number of rotatable bonds is 7. The summed E-state index contributed by atoms with van der Waals surface area (Å²) in [5.41, 5.74) is 0.977. The van der Waals surface area contributed by atoms with Crippen molar-refractivity contribution >= 4 is 0 Å². The molecule has 5 heteroatoms. The highest BCUT2D eigenvalue weighted by molar-refractivity contribution is 5.13. The second-order valence-corrected chi connectivity index (χ2v) is 4.75. The van der Waals surface area contributed by atoms with Crippen LogP contribution in [0.5, 0.6) is 0 Å². The van der Waals surface area contributed by atoms with Gasteiger partial charge in [-0.3, -0.25) is 4.68 Å². The maximum absolute atomic E-state index is 5.85. The molecule has 0 saturated carbocycles. The Morgan fingerprint density at radius 2 is 2.21 bits per heavy atom. The molecule has 2 aromatic rings. The smallest absolute Gasteiger partial charge is 0.121 e. The van der Waals surface area contributed by atoms with Gasteiger partial charge < -0.3 is 9.73 Å². The molecule has 0 aliphatic rings. The number of hydrogen-bond acceptors (Lipinski definition) is 4. The lowest BCUT2D eigenvalue weighted by atomic mass is 10.1. The van der Waals surface area contributed by atoms with E-state index < -0.39 is 0 Å². The summed E-state index contributed by atoms with van der Waals surface area (Å²) >= 11 is 0. The van der Waals surface area contributed by atoms with Gasteiger partial charge in [-0.05, 0) is 25.1 Å². The van der Waals surface area contributed by atoms with Gasteiger partial charge >= 0.3 is 0 Å². The van der Waals surface area contributed by atoms with Crippen molar-refractivity contribution in [2.45, 2.75) is 39.2 Å². The standard InChI is InChI=1S/C14H22N4O/c1-4-8-15-13(9-11-10-18(3)17-16-11)14-7-6-12(5-2)19-14/h6-7,10,13,15H,4-5,8-9H2,1-3H3. The molecule has 2 rings (SSSR count). The van der Waals surface area contributed by atoms with Crippen LogP contribution in [0.15, 0.2) is 22.7 Å². The van der Waals surface area contributed by atoms with Gasteiger partial charge in [0.2, 0.25) is 0 Å². The summed E-state index contributed by atoms with van der Waals surface area (Å²) in [6.07, 6.45) is 4.76. The van der Waals surface area contributed by atoms with Crippen LogP contribution in [0.25, 0.3) is 0 Å². The molecule has 104 valence electrons. The Balaban J connectivity index is 2.10. The molecule has 1 unspecified atom stereocenters. The van der Waals surface area contributed by atoms with E-state index in [-0.39, 0.29) is 6.04 Å². The van der Waals surface area contributed by atoms with Crippen LogP contribution in [0.2, 0.25) is 0 Å². The van der Waals surface area contributed by atoms with Crippen molar-refractivity contribution in [1.82, 2.24) is 20.3 Å². The van der Waals surface area contributed by atoms with Crippen molar-refractivity contribution in [2.75, 3.05) is 6.54 Å². The molecule has 0 fully saturated rings. The minimum absolute atomic E-state index is 0.164. The van der Waals surface area contributed by atoms with Crippen LogP contribution in [0.3, 0.4) is 0 Å². The summed E-state index contributed by atoms with van der Waals surface area (Å²) in [7, 11) is 1.88. The van der Waals surface area contributed by atoms with Crippen LogP contribution in [0.1, 0.15) is 43.5 Å². The molecule has 0 radical (unpaired) electrons. The van der Waals surface area contributed by atoms with Gasteiger partial charge in [-0.25, -0.2) is 0 Å². The fraction of sp³-hybridized carbons (Fsp3) is 0.571. The summed E-state index contributed by atoms with van der Waals surface area (Å²) < 4.78 is 7.58. The zero-order valence-corrected chi connectivity index (χ0v) is 11.9. The van der Waals surface area contributed by atoms with E-state index >= 15 is 0 Å². The van der Waals surface area contributed by atoms with Crippen molar-refractivity contribution in [3.63, 3.8) is 0 Å². The average molecular weight is 262 g/mol. The van der Waals surface area contributed by atoms with Gasteiger partial charge in [0.05, 0.1) is 11.7 Å². The number of aryl methyl sites for hydroxylation is 2. The number of nitrogens with zero attached hydrogens (tertiary/aromatic N) is 3. The second kappa shape index (κ2) is 6.52. The normalized spacial score (nSPS) is 12.8. The van der Waals surface area contributed by atoms with Crippen LogP contribution in [-0.2, 0) is 19.9 Å². The van der Waals surface area contributed by atoms with E-state index in [9.17, 15) is 0 Å². The third-order valence-electron chi connectivity index (χ3n) is 3.08. The highest BCUT2D eigenvalue weighted by Crippen LogP contribution is 2.20. The van der Waals surface area contributed by atoms with Crippen LogP contribution >= 0.6 is 0 Å². The Morgan fingerprint density at radius 3 is 2.79 bits per heavy atom. The Kier molecular flexibility index (Phi) is 4.74. The molecule has 0 bridgehead atoms. The number of nitrogens with one attached hydrogen (secondary N) is 1. The van der Waals surface area contributed by atoms with E-state index in [1.165, 1.54) is 0 Å². The van der Waals surface area contributed by atoms with Gasteiger partial charge in [0.25, 0.3) is 0 Å². The summed E-state index contributed by atoms with van der Waals surface area (Å²) in [4.78, 5) is 0. The van der Waals surface area contributed by atoms with Gasteiger partial charge in [-0.1, -0.05) is 19.1 Å². The first-order valence-electron chi connectivity index (χ1n) is 6.90. The average Bonchev–Trinajstić information content (AvgIpc) is 3.03. The van der Waals surface area contributed by atoms with Gasteiger partial charge in [0.1, 0.15) is 11.5 Å². The Labute approximate surface area is 114 Å². The van der Waals surface area contributed by atoms with E-state index in [0.29, 0.717) is 0 Å². The molecule has 0 aliphatic carbocycles. The van der Waals surface area contributed by atoms with Gasteiger partial charge in [0.15, 0.2) is 0 Å². The van der Waals surface area contributed by atoms with Crippen molar-refractivity contribution in [1.29, 1.82) is 0 Å². The van der Waals surface area contributed by atoms with E-state index in [2.05, 4.69) is 35.5 Å². The number of furan rings is 1. The molecule has 0 amide bonds. The van der Waals surface area contributed by atoms with Crippen molar-refractivity contribution in [2.24, 2.45) is 7.05 Å². The first-order chi connectivity index (χ1) is 9.22. The predicted molar refractivity (Wildman–Crippen MR) is 73.8 cm³/mol. The van der Waals surface area contributed by atoms with E-state index in [0.717, 1.165) is 43.0 Å². The molecule has 2 aromatic heterocycles. The predicted octanol–water partition coefficient (Wildman–Crippen LogP) is 2.25. The highest BCUT2D eigenvalue weighted by Gasteiger charge is 2.17. The van der Waals surface area contributed by atoms with E-state index in [1.54, 1.807) is 4.68 Å². The van der Waals surface area contributed by atoms with Crippen LogP contribution in [-0.4, -0.2) is 21.5 Å². The second-order valence-electron chi connectivity index (χ2n) is 4.75. The Bertz CT molecular complexity index is 503. The maximum Gasteiger partial charge on any atom is 0.121 e. The molecule has 2 heterocycles.